The molecule has 2 aromatic carbocycles. The number of hydrogen-bond acceptors (Lipinski definition) is 1. The van der Waals surface area contributed by atoms with Crippen molar-refractivity contribution in [3.63, 3.8) is 0 Å². The first kappa shape index (κ1) is 15.6. The highest BCUT2D eigenvalue weighted by atomic mass is 19.2. The Hall–Kier alpha value is -1.81. The Morgan fingerprint density at radius 1 is 1.05 bits per heavy atom. The monoisotopic (exact) mass is 293 g/mol. The first-order valence-corrected chi connectivity index (χ1v) is 6.95. The summed E-state index contributed by atoms with van der Waals surface area (Å²) in [4.78, 5) is 0. The molecule has 0 bridgehead atoms. The Bertz CT molecular complexity index is 625. The van der Waals surface area contributed by atoms with E-state index in [1.165, 1.54) is 12.1 Å². The predicted molar refractivity (Wildman–Crippen MR) is 77.6 cm³/mol. The largest absolute Gasteiger partial charge is 0.310 e. The van der Waals surface area contributed by atoms with E-state index in [1.807, 2.05) is 13.0 Å². The lowest BCUT2D eigenvalue weighted by Gasteiger charge is -2.19. The highest BCUT2D eigenvalue weighted by Gasteiger charge is 2.16. The molecule has 1 nitrogen and oxygen atoms in total. The van der Waals surface area contributed by atoms with Gasteiger partial charge >= 0.3 is 0 Å². The normalized spacial score (nSPS) is 12.4. The Labute approximate surface area is 122 Å². The van der Waals surface area contributed by atoms with Gasteiger partial charge in [-0.2, -0.15) is 0 Å². The van der Waals surface area contributed by atoms with Gasteiger partial charge in [-0.05, 0) is 48.7 Å². The number of hydrogen-bond donors (Lipinski definition) is 1. The van der Waals surface area contributed by atoms with Crippen LogP contribution in [0.5, 0.6) is 0 Å². The van der Waals surface area contributed by atoms with Crippen LogP contribution in [0.15, 0.2) is 36.4 Å². The molecule has 0 saturated carbocycles. The molecule has 0 amide bonds. The number of nitrogens with one attached hydrogen (secondary N) is 1. The van der Waals surface area contributed by atoms with Crippen molar-refractivity contribution >= 4 is 0 Å². The summed E-state index contributed by atoms with van der Waals surface area (Å²) in [5.41, 5.74) is 1.57. The van der Waals surface area contributed by atoms with Crippen LogP contribution in [0, 0.1) is 24.4 Å². The molecule has 0 aliphatic heterocycles. The lowest BCUT2D eigenvalue weighted by Crippen LogP contribution is -2.23. The van der Waals surface area contributed by atoms with Crippen molar-refractivity contribution < 1.29 is 13.2 Å². The minimum Gasteiger partial charge on any atom is -0.310 e. The summed E-state index contributed by atoms with van der Waals surface area (Å²) < 4.78 is 40.8. The Balaban J connectivity index is 2.30. The molecule has 0 spiro atoms. The number of rotatable bonds is 5. The van der Waals surface area contributed by atoms with Crippen LogP contribution >= 0.6 is 0 Å². The standard InChI is InChI=1S/C17H18F3N/c1-3-21-16(12-8-7-11(2)15(19)9-12)10-13-5-4-6-14(18)17(13)20/h4-9,16,21H,3,10H2,1-2H3. The molecule has 0 aromatic heterocycles. The molecule has 0 radical (unpaired) electrons. The maximum atomic E-state index is 13.8. The smallest absolute Gasteiger partial charge is 0.162 e. The lowest BCUT2D eigenvalue weighted by atomic mass is 9.97. The molecule has 2 aromatic rings. The molecule has 0 heterocycles. The van der Waals surface area contributed by atoms with Gasteiger partial charge in [0.05, 0.1) is 0 Å². The van der Waals surface area contributed by atoms with Crippen LogP contribution in [0.2, 0.25) is 0 Å². The van der Waals surface area contributed by atoms with E-state index in [1.54, 1.807) is 19.1 Å². The highest BCUT2D eigenvalue weighted by Crippen LogP contribution is 2.23. The quantitative estimate of drug-likeness (QED) is 0.866. The van der Waals surface area contributed by atoms with Gasteiger partial charge in [0, 0.05) is 6.04 Å². The number of halogens is 3. The van der Waals surface area contributed by atoms with Crippen molar-refractivity contribution in [3.05, 3.63) is 70.5 Å². The molecule has 4 heteroatoms. The summed E-state index contributed by atoms with van der Waals surface area (Å²) in [7, 11) is 0. The van der Waals surface area contributed by atoms with Crippen molar-refractivity contribution in [2.24, 2.45) is 0 Å². The van der Waals surface area contributed by atoms with Gasteiger partial charge in [0.2, 0.25) is 0 Å². The predicted octanol–water partition coefficient (Wildman–Crippen LogP) is 4.31. The summed E-state index contributed by atoms with van der Waals surface area (Å²) >= 11 is 0. The summed E-state index contributed by atoms with van der Waals surface area (Å²) in [5.74, 6) is -2.00. The van der Waals surface area contributed by atoms with E-state index in [9.17, 15) is 13.2 Å². The molecule has 1 unspecified atom stereocenters. The number of benzene rings is 2. The Morgan fingerprint density at radius 2 is 1.81 bits per heavy atom. The molecule has 0 aliphatic carbocycles. The second-order valence-corrected chi connectivity index (χ2v) is 5.04. The van der Waals surface area contributed by atoms with E-state index in [4.69, 9.17) is 0 Å². The fourth-order valence-corrected chi connectivity index (χ4v) is 2.31. The van der Waals surface area contributed by atoms with Crippen LogP contribution in [0.25, 0.3) is 0 Å². The van der Waals surface area contributed by atoms with E-state index in [2.05, 4.69) is 5.32 Å². The van der Waals surface area contributed by atoms with Crippen LogP contribution in [-0.2, 0) is 6.42 Å². The van der Waals surface area contributed by atoms with Crippen molar-refractivity contribution in [1.82, 2.24) is 5.32 Å². The zero-order chi connectivity index (χ0) is 15.4. The zero-order valence-electron chi connectivity index (χ0n) is 12.1. The van der Waals surface area contributed by atoms with Crippen LogP contribution < -0.4 is 5.32 Å². The van der Waals surface area contributed by atoms with Crippen molar-refractivity contribution in [1.29, 1.82) is 0 Å². The third-order valence-corrected chi connectivity index (χ3v) is 3.50. The molecular weight excluding hydrogens is 275 g/mol. The first-order chi connectivity index (χ1) is 10.0. The van der Waals surface area contributed by atoms with Crippen molar-refractivity contribution in [2.45, 2.75) is 26.3 Å². The van der Waals surface area contributed by atoms with E-state index in [0.29, 0.717) is 12.1 Å². The van der Waals surface area contributed by atoms with Gasteiger partial charge in [-0.25, -0.2) is 13.2 Å². The van der Waals surface area contributed by atoms with Gasteiger partial charge in [0.25, 0.3) is 0 Å². The van der Waals surface area contributed by atoms with E-state index in [0.717, 1.165) is 11.6 Å². The summed E-state index contributed by atoms with van der Waals surface area (Å²) in [6.45, 7) is 4.25. The summed E-state index contributed by atoms with van der Waals surface area (Å²) in [6.07, 6.45) is 0.264. The maximum Gasteiger partial charge on any atom is 0.162 e. The van der Waals surface area contributed by atoms with Gasteiger partial charge in [-0.1, -0.05) is 31.2 Å². The maximum absolute atomic E-state index is 13.8. The average Bonchev–Trinajstić information content (AvgIpc) is 2.46. The van der Waals surface area contributed by atoms with E-state index >= 15 is 0 Å². The molecule has 2 rings (SSSR count). The summed E-state index contributed by atoms with van der Waals surface area (Å²) in [6, 6.07) is 8.80. The fourth-order valence-electron chi connectivity index (χ4n) is 2.31. The SMILES string of the molecule is CCNC(Cc1cccc(F)c1F)c1ccc(C)c(F)c1. The van der Waals surface area contributed by atoms with E-state index < -0.39 is 11.6 Å². The zero-order valence-corrected chi connectivity index (χ0v) is 12.1. The molecular formula is C17H18F3N. The molecule has 1 atom stereocenters. The Morgan fingerprint density at radius 3 is 2.48 bits per heavy atom. The van der Waals surface area contributed by atoms with E-state index in [-0.39, 0.29) is 23.8 Å². The minimum absolute atomic E-state index is 0.263. The van der Waals surface area contributed by atoms with Gasteiger partial charge < -0.3 is 5.32 Å². The van der Waals surface area contributed by atoms with Crippen LogP contribution in [0.3, 0.4) is 0 Å². The van der Waals surface area contributed by atoms with Gasteiger partial charge in [0.15, 0.2) is 11.6 Å². The minimum atomic E-state index is -0.863. The summed E-state index contributed by atoms with van der Waals surface area (Å²) in [5, 5.41) is 3.18. The van der Waals surface area contributed by atoms with Crippen LogP contribution in [-0.4, -0.2) is 6.54 Å². The Kier molecular flexibility index (Phi) is 5.02. The van der Waals surface area contributed by atoms with Crippen molar-refractivity contribution in [3.8, 4) is 0 Å². The molecule has 112 valence electrons. The molecule has 0 saturated heterocycles. The molecule has 0 aliphatic rings. The fraction of sp³-hybridized carbons (Fsp3) is 0.294. The van der Waals surface area contributed by atoms with Gasteiger partial charge in [0.1, 0.15) is 5.82 Å². The third kappa shape index (κ3) is 3.64. The molecule has 21 heavy (non-hydrogen) atoms. The second-order valence-electron chi connectivity index (χ2n) is 5.04. The number of likely N-dealkylation sites (N-methyl/N-ethyl adjacent to an activating group) is 1. The lowest BCUT2D eigenvalue weighted by molar-refractivity contribution is 0.480. The molecule has 0 fully saturated rings. The van der Waals surface area contributed by atoms with Crippen LogP contribution in [0.1, 0.15) is 29.7 Å². The topological polar surface area (TPSA) is 12.0 Å². The van der Waals surface area contributed by atoms with Crippen molar-refractivity contribution in [2.75, 3.05) is 6.54 Å². The third-order valence-electron chi connectivity index (χ3n) is 3.50. The first-order valence-electron chi connectivity index (χ1n) is 6.95. The highest BCUT2D eigenvalue weighted by molar-refractivity contribution is 5.28. The second kappa shape index (κ2) is 6.76. The number of aryl methyl sites for hydroxylation is 1. The van der Waals surface area contributed by atoms with Gasteiger partial charge in [-0.3, -0.25) is 0 Å². The molecule has 1 N–H and O–H groups in total. The van der Waals surface area contributed by atoms with Gasteiger partial charge in [-0.15, -0.1) is 0 Å². The average molecular weight is 293 g/mol. The van der Waals surface area contributed by atoms with Crippen LogP contribution in [0.4, 0.5) is 13.2 Å².